The smallest absolute Gasteiger partial charge is 0.270 e. The standard InChI is InChI=1S/C10H10N6O/c1-7-8(3-2-6-11-7)4-5-9(17)12-10-13-15-16-14-10/h2-6H,1H3,(H2,12,13,14,15,16,17). The summed E-state index contributed by atoms with van der Waals surface area (Å²) < 4.78 is 0. The molecule has 2 aromatic heterocycles. The second kappa shape index (κ2) is 4.97. The van der Waals surface area contributed by atoms with Gasteiger partial charge < -0.3 is 0 Å². The molecular weight excluding hydrogens is 220 g/mol. The van der Waals surface area contributed by atoms with Crippen molar-refractivity contribution in [3.05, 3.63) is 35.7 Å². The SMILES string of the molecule is Cc1ncccc1C=CC(=O)Nc1nn[nH]n1. The van der Waals surface area contributed by atoms with E-state index in [0.717, 1.165) is 11.3 Å². The van der Waals surface area contributed by atoms with Crippen molar-refractivity contribution in [1.29, 1.82) is 0 Å². The molecule has 17 heavy (non-hydrogen) atoms. The summed E-state index contributed by atoms with van der Waals surface area (Å²) >= 11 is 0. The summed E-state index contributed by atoms with van der Waals surface area (Å²) in [6.45, 7) is 1.87. The number of anilines is 1. The van der Waals surface area contributed by atoms with Crippen LogP contribution in [0.2, 0.25) is 0 Å². The van der Waals surface area contributed by atoms with Crippen LogP contribution in [0.5, 0.6) is 0 Å². The van der Waals surface area contributed by atoms with Crippen LogP contribution >= 0.6 is 0 Å². The molecule has 0 aliphatic rings. The average molecular weight is 230 g/mol. The van der Waals surface area contributed by atoms with E-state index in [2.05, 4.69) is 30.9 Å². The molecule has 0 unspecified atom stereocenters. The summed E-state index contributed by atoms with van der Waals surface area (Å²) in [4.78, 5) is 15.6. The molecule has 7 nitrogen and oxygen atoms in total. The van der Waals surface area contributed by atoms with E-state index in [4.69, 9.17) is 0 Å². The van der Waals surface area contributed by atoms with Crippen molar-refractivity contribution in [1.82, 2.24) is 25.6 Å². The van der Waals surface area contributed by atoms with E-state index in [9.17, 15) is 4.79 Å². The van der Waals surface area contributed by atoms with E-state index < -0.39 is 0 Å². The first-order chi connectivity index (χ1) is 8.25. The minimum atomic E-state index is -0.324. The number of tetrazole rings is 1. The molecule has 0 radical (unpaired) electrons. The Labute approximate surface area is 97.0 Å². The third kappa shape index (κ3) is 2.94. The highest BCUT2D eigenvalue weighted by molar-refractivity contribution is 6.00. The van der Waals surface area contributed by atoms with Crippen LogP contribution in [0.15, 0.2) is 24.4 Å². The Morgan fingerprint density at radius 3 is 3.12 bits per heavy atom. The molecule has 1 amide bonds. The number of aromatic nitrogens is 5. The van der Waals surface area contributed by atoms with Crippen LogP contribution in [0.1, 0.15) is 11.3 Å². The number of rotatable bonds is 3. The molecule has 2 N–H and O–H groups in total. The van der Waals surface area contributed by atoms with Gasteiger partial charge in [0.2, 0.25) is 0 Å². The van der Waals surface area contributed by atoms with Gasteiger partial charge in [-0.15, -0.1) is 5.10 Å². The fourth-order valence-corrected chi connectivity index (χ4v) is 1.20. The molecule has 0 aliphatic heterocycles. The fourth-order valence-electron chi connectivity index (χ4n) is 1.20. The lowest BCUT2D eigenvalue weighted by molar-refractivity contribution is -0.111. The second-order valence-electron chi connectivity index (χ2n) is 3.24. The maximum atomic E-state index is 11.5. The Morgan fingerprint density at radius 1 is 1.53 bits per heavy atom. The van der Waals surface area contributed by atoms with Crippen molar-refractivity contribution in [2.24, 2.45) is 0 Å². The minimum Gasteiger partial charge on any atom is -0.288 e. The summed E-state index contributed by atoms with van der Waals surface area (Å²) in [5.41, 5.74) is 1.74. The first-order valence-electron chi connectivity index (χ1n) is 4.90. The van der Waals surface area contributed by atoms with Crippen molar-refractivity contribution in [2.45, 2.75) is 6.92 Å². The number of hydrogen-bond acceptors (Lipinski definition) is 5. The number of aromatic amines is 1. The van der Waals surface area contributed by atoms with E-state index in [1.54, 1.807) is 12.3 Å². The Kier molecular flexibility index (Phi) is 3.20. The molecule has 2 heterocycles. The van der Waals surface area contributed by atoms with Gasteiger partial charge in [0.15, 0.2) is 0 Å². The summed E-state index contributed by atoms with van der Waals surface area (Å²) in [6.07, 6.45) is 4.77. The number of carbonyl (C=O) groups is 1. The Morgan fingerprint density at radius 2 is 2.41 bits per heavy atom. The van der Waals surface area contributed by atoms with Crippen LogP contribution < -0.4 is 5.32 Å². The van der Waals surface area contributed by atoms with E-state index >= 15 is 0 Å². The predicted molar refractivity (Wildman–Crippen MR) is 60.8 cm³/mol. The van der Waals surface area contributed by atoms with Crippen LogP contribution in [0, 0.1) is 6.92 Å². The quantitative estimate of drug-likeness (QED) is 0.751. The molecule has 0 aliphatic carbocycles. The Hall–Kier alpha value is -2.57. The lowest BCUT2D eigenvalue weighted by Gasteiger charge is -1.97. The fraction of sp³-hybridized carbons (Fsp3) is 0.100. The lowest BCUT2D eigenvalue weighted by atomic mass is 10.2. The first-order valence-corrected chi connectivity index (χ1v) is 4.90. The zero-order chi connectivity index (χ0) is 12.1. The lowest BCUT2D eigenvalue weighted by Crippen LogP contribution is -2.09. The number of hydrogen-bond donors (Lipinski definition) is 2. The van der Waals surface area contributed by atoms with Gasteiger partial charge in [-0.05, 0) is 29.8 Å². The van der Waals surface area contributed by atoms with Gasteiger partial charge in [0.05, 0.1) is 0 Å². The Bertz CT molecular complexity index is 533. The molecule has 0 fully saturated rings. The number of H-pyrrole nitrogens is 1. The molecule has 0 atom stereocenters. The molecule has 86 valence electrons. The van der Waals surface area contributed by atoms with Crippen LogP contribution in [0.25, 0.3) is 6.08 Å². The molecule has 2 aromatic rings. The van der Waals surface area contributed by atoms with Crippen LogP contribution in [0.4, 0.5) is 5.95 Å². The van der Waals surface area contributed by atoms with Gasteiger partial charge >= 0.3 is 0 Å². The summed E-state index contributed by atoms with van der Waals surface area (Å²) in [6, 6.07) is 3.68. The monoisotopic (exact) mass is 230 g/mol. The van der Waals surface area contributed by atoms with Crippen LogP contribution in [-0.4, -0.2) is 31.5 Å². The summed E-state index contributed by atoms with van der Waals surface area (Å²) in [7, 11) is 0. The van der Waals surface area contributed by atoms with Gasteiger partial charge in [0.1, 0.15) is 0 Å². The topological polar surface area (TPSA) is 96.5 Å². The van der Waals surface area contributed by atoms with Crippen molar-refractivity contribution in [3.63, 3.8) is 0 Å². The van der Waals surface area contributed by atoms with Crippen molar-refractivity contribution in [3.8, 4) is 0 Å². The van der Waals surface area contributed by atoms with Crippen LogP contribution in [0.3, 0.4) is 0 Å². The van der Waals surface area contributed by atoms with E-state index in [-0.39, 0.29) is 11.9 Å². The molecule has 7 heteroatoms. The third-order valence-corrected chi connectivity index (χ3v) is 2.04. The van der Waals surface area contributed by atoms with Gasteiger partial charge in [-0.25, -0.2) is 0 Å². The number of nitrogens with zero attached hydrogens (tertiary/aromatic N) is 4. The molecular formula is C10H10N6O. The summed E-state index contributed by atoms with van der Waals surface area (Å²) in [5, 5.41) is 15.2. The van der Waals surface area contributed by atoms with Gasteiger partial charge in [-0.3, -0.25) is 15.1 Å². The molecule has 0 bridgehead atoms. The molecule has 0 aromatic carbocycles. The first kappa shape index (κ1) is 10.9. The van der Waals surface area contributed by atoms with Gasteiger partial charge in [0.25, 0.3) is 11.9 Å². The summed E-state index contributed by atoms with van der Waals surface area (Å²) in [5.74, 6) is -0.183. The van der Waals surface area contributed by atoms with Gasteiger partial charge in [-0.2, -0.15) is 5.21 Å². The predicted octanol–water partition coefficient (Wildman–Crippen LogP) is 0.555. The van der Waals surface area contributed by atoms with E-state index in [1.165, 1.54) is 6.08 Å². The number of nitrogens with one attached hydrogen (secondary N) is 2. The van der Waals surface area contributed by atoms with E-state index in [1.807, 2.05) is 19.1 Å². The third-order valence-electron chi connectivity index (χ3n) is 2.04. The number of pyridine rings is 1. The molecule has 2 rings (SSSR count). The highest BCUT2D eigenvalue weighted by Crippen LogP contribution is 2.05. The number of carbonyl (C=O) groups excluding carboxylic acids is 1. The maximum Gasteiger partial charge on any atom is 0.270 e. The molecule has 0 saturated heterocycles. The Balaban J connectivity index is 2.01. The zero-order valence-corrected chi connectivity index (χ0v) is 9.08. The molecule has 0 spiro atoms. The van der Waals surface area contributed by atoms with Gasteiger partial charge in [-0.1, -0.05) is 11.2 Å². The van der Waals surface area contributed by atoms with Crippen molar-refractivity contribution >= 4 is 17.9 Å². The maximum absolute atomic E-state index is 11.5. The normalized spacial score (nSPS) is 10.6. The number of aryl methyl sites for hydroxylation is 1. The van der Waals surface area contributed by atoms with Crippen molar-refractivity contribution < 1.29 is 4.79 Å². The van der Waals surface area contributed by atoms with E-state index in [0.29, 0.717) is 0 Å². The minimum absolute atomic E-state index is 0.141. The van der Waals surface area contributed by atoms with Crippen molar-refractivity contribution in [2.75, 3.05) is 5.32 Å². The second-order valence-corrected chi connectivity index (χ2v) is 3.24. The largest absolute Gasteiger partial charge is 0.288 e. The molecule has 0 saturated carbocycles. The highest BCUT2D eigenvalue weighted by atomic mass is 16.1. The zero-order valence-electron chi connectivity index (χ0n) is 9.08. The average Bonchev–Trinajstić information content (AvgIpc) is 2.81. The van der Waals surface area contributed by atoms with Gasteiger partial charge in [0, 0.05) is 18.0 Å². The highest BCUT2D eigenvalue weighted by Gasteiger charge is 2.01. The number of amides is 1. The van der Waals surface area contributed by atoms with Crippen LogP contribution in [-0.2, 0) is 4.79 Å².